The fraction of sp³-hybridized carbons (Fsp3) is 0.935. The van der Waals surface area contributed by atoms with E-state index in [9.17, 15) is 9.59 Å². The van der Waals surface area contributed by atoms with Gasteiger partial charge in [0, 0.05) is 25.0 Å². The Bertz CT molecular complexity index is 1210. The normalized spacial score (nSPS) is 15.6. The number of hydrogen-bond acceptors (Lipinski definition) is 8. The standard InChI is InChI=1S/C22H45NO2.C20H41NO2.C18H35NO.C2H6/c1-8-10-12-14-23(15-13-11-9-2)16-17-25-21(24)22(7,20(5)6)18-19(3)4;1-7-10-13-21(14-11-8-2)15-16-23-19(22)20(6,12-9-3)17-18(4)5;1-15(2)14-18(6,16(3)4)17(5)20-13-12-19-10-8-7-9-11-19;1-2/h19-20H,8-18H2,1-7H3;18H,7-17H2,1-6H3;15-16H,5,7-14H2,1-4,6H3;1-2H3. The fourth-order valence-electron chi connectivity index (χ4n) is 9.79. The number of carbonyl (C=O) groups is 2. The first-order chi connectivity index (χ1) is 33.0. The van der Waals surface area contributed by atoms with E-state index in [-0.39, 0.29) is 28.2 Å². The summed E-state index contributed by atoms with van der Waals surface area (Å²) in [4.78, 5) is 32.7. The molecule has 8 nitrogen and oxygen atoms in total. The van der Waals surface area contributed by atoms with Gasteiger partial charge in [0.25, 0.3) is 0 Å². The minimum Gasteiger partial charge on any atom is -0.497 e. The summed E-state index contributed by atoms with van der Waals surface area (Å²) in [6.07, 6.45) is 21.4. The van der Waals surface area contributed by atoms with E-state index >= 15 is 0 Å². The molecule has 0 aromatic heterocycles. The third-order valence-electron chi connectivity index (χ3n) is 14.7. The summed E-state index contributed by atoms with van der Waals surface area (Å²) in [7, 11) is 0. The zero-order valence-electron chi connectivity index (χ0n) is 51.2. The van der Waals surface area contributed by atoms with Crippen LogP contribution >= 0.6 is 0 Å². The Morgan fingerprint density at radius 2 is 0.900 bits per heavy atom. The molecule has 0 aromatic carbocycles. The van der Waals surface area contributed by atoms with Crippen LogP contribution in [-0.4, -0.2) is 105 Å². The van der Waals surface area contributed by atoms with Crippen molar-refractivity contribution in [3.63, 3.8) is 0 Å². The molecule has 0 aromatic rings. The van der Waals surface area contributed by atoms with Crippen molar-refractivity contribution in [2.75, 3.05) is 78.7 Å². The predicted molar refractivity (Wildman–Crippen MR) is 308 cm³/mol. The van der Waals surface area contributed by atoms with Gasteiger partial charge < -0.3 is 14.2 Å². The van der Waals surface area contributed by atoms with Gasteiger partial charge in [-0.1, -0.05) is 183 Å². The van der Waals surface area contributed by atoms with Crippen LogP contribution in [0.15, 0.2) is 12.3 Å². The summed E-state index contributed by atoms with van der Waals surface area (Å²) < 4.78 is 17.4. The summed E-state index contributed by atoms with van der Waals surface area (Å²) in [5.41, 5.74) is -0.597. The van der Waals surface area contributed by atoms with E-state index in [0.29, 0.717) is 42.8 Å². The lowest BCUT2D eigenvalue weighted by atomic mass is 9.72. The first kappa shape index (κ1) is 72.6. The lowest BCUT2D eigenvalue weighted by Gasteiger charge is -2.37. The second-order valence-electron chi connectivity index (χ2n) is 23.5. The van der Waals surface area contributed by atoms with Crippen molar-refractivity contribution in [1.82, 2.24) is 14.7 Å². The molecule has 0 spiro atoms. The maximum absolute atomic E-state index is 12.7. The summed E-state index contributed by atoms with van der Waals surface area (Å²) in [6, 6.07) is 0. The third-order valence-corrected chi connectivity index (χ3v) is 14.7. The van der Waals surface area contributed by atoms with Crippen LogP contribution in [-0.2, 0) is 23.8 Å². The van der Waals surface area contributed by atoms with Gasteiger partial charge in [0.1, 0.15) is 19.8 Å². The number of carbonyl (C=O) groups excluding carboxylic acids is 2. The van der Waals surface area contributed by atoms with Crippen LogP contribution in [0, 0.1) is 45.8 Å². The van der Waals surface area contributed by atoms with Crippen molar-refractivity contribution in [1.29, 1.82) is 0 Å². The average Bonchev–Trinajstić information content (AvgIpc) is 3.30. The molecule has 70 heavy (non-hydrogen) atoms. The molecule has 3 unspecified atom stereocenters. The molecule has 0 N–H and O–H groups in total. The Balaban J connectivity index is -0.000000949. The zero-order valence-corrected chi connectivity index (χ0v) is 51.2. The number of piperidine rings is 1. The van der Waals surface area contributed by atoms with Crippen LogP contribution in [0.25, 0.3) is 0 Å². The van der Waals surface area contributed by atoms with E-state index in [4.69, 9.17) is 14.2 Å². The smallest absolute Gasteiger partial charge is 0.312 e. The molecule has 8 heteroatoms. The lowest BCUT2D eigenvalue weighted by Crippen LogP contribution is -2.38. The molecular formula is C62H127N3O5. The van der Waals surface area contributed by atoms with Gasteiger partial charge in [-0.15, -0.1) is 0 Å². The zero-order chi connectivity index (χ0) is 54.2. The molecule has 420 valence electrons. The fourth-order valence-corrected chi connectivity index (χ4v) is 9.79. The Hall–Kier alpha value is -1.64. The number of hydrogen-bond donors (Lipinski definition) is 0. The second kappa shape index (κ2) is 43.7. The average molecular weight is 995 g/mol. The van der Waals surface area contributed by atoms with Gasteiger partial charge in [0.15, 0.2) is 0 Å². The molecule has 1 fully saturated rings. The Kier molecular flexibility index (Phi) is 45.4. The molecule has 0 aliphatic carbocycles. The van der Waals surface area contributed by atoms with Gasteiger partial charge in [0.05, 0.1) is 16.6 Å². The van der Waals surface area contributed by atoms with Crippen LogP contribution in [0.4, 0.5) is 0 Å². The number of unbranched alkanes of at least 4 members (excludes halogenated alkanes) is 6. The van der Waals surface area contributed by atoms with Crippen molar-refractivity contribution in [3.8, 4) is 0 Å². The molecule has 0 amide bonds. The van der Waals surface area contributed by atoms with Crippen molar-refractivity contribution in [2.24, 2.45) is 45.8 Å². The highest BCUT2D eigenvalue weighted by molar-refractivity contribution is 5.77. The second-order valence-corrected chi connectivity index (χ2v) is 23.5. The number of esters is 2. The topological polar surface area (TPSA) is 71.6 Å². The van der Waals surface area contributed by atoms with Gasteiger partial charge in [0.2, 0.25) is 0 Å². The molecule has 1 saturated heterocycles. The predicted octanol–water partition coefficient (Wildman–Crippen LogP) is 16.9. The maximum atomic E-state index is 12.7. The van der Waals surface area contributed by atoms with Gasteiger partial charge >= 0.3 is 11.9 Å². The minimum atomic E-state index is -0.372. The molecule has 0 radical (unpaired) electrons. The van der Waals surface area contributed by atoms with Gasteiger partial charge in [-0.3, -0.25) is 24.3 Å². The van der Waals surface area contributed by atoms with Crippen LogP contribution < -0.4 is 0 Å². The van der Waals surface area contributed by atoms with Crippen molar-refractivity contribution in [3.05, 3.63) is 12.3 Å². The van der Waals surface area contributed by atoms with Crippen LogP contribution in [0.1, 0.15) is 254 Å². The van der Waals surface area contributed by atoms with Crippen molar-refractivity contribution in [2.45, 2.75) is 254 Å². The number of nitrogens with zero attached hydrogens (tertiary/aromatic N) is 3. The SMILES string of the molecule is C=C(OCCN1CCCCC1)C(C)(CC(C)C)C(C)C.CC.CCCCCN(CCCCC)CCOC(=O)C(C)(CC(C)C)C(C)C.CCCCN(CCCC)CCOC(=O)C(C)(CCC)CC(C)C. The number of rotatable bonds is 37. The van der Waals surface area contributed by atoms with E-state index in [2.05, 4.69) is 146 Å². The van der Waals surface area contributed by atoms with Gasteiger partial charge in [-0.2, -0.15) is 0 Å². The molecule has 0 saturated carbocycles. The van der Waals surface area contributed by atoms with Crippen LogP contribution in [0.3, 0.4) is 0 Å². The van der Waals surface area contributed by atoms with Crippen LogP contribution in [0.5, 0.6) is 0 Å². The van der Waals surface area contributed by atoms with Crippen molar-refractivity contribution >= 4 is 11.9 Å². The maximum Gasteiger partial charge on any atom is 0.312 e. The number of likely N-dealkylation sites (tertiary alicyclic amines) is 1. The van der Waals surface area contributed by atoms with E-state index in [1.165, 1.54) is 96.6 Å². The first-order valence-corrected chi connectivity index (χ1v) is 29.9. The Labute approximate surface area is 439 Å². The summed E-state index contributed by atoms with van der Waals surface area (Å²) >= 11 is 0. The Morgan fingerprint density at radius 1 is 0.500 bits per heavy atom. The number of ether oxygens (including phenoxy) is 3. The molecule has 1 heterocycles. The molecular weight excluding hydrogens is 867 g/mol. The summed E-state index contributed by atoms with van der Waals surface area (Å²) in [5, 5.41) is 0. The van der Waals surface area contributed by atoms with Gasteiger partial charge in [-0.05, 0) is 147 Å². The van der Waals surface area contributed by atoms with Crippen molar-refractivity contribution < 1.29 is 23.8 Å². The van der Waals surface area contributed by atoms with E-state index < -0.39 is 0 Å². The van der Waals surface area contributed by atoms with Gasteiger partial charge in [-0.25, -0.2) is 0 Å². The first-order valence-electron chi connectivity index (χ1n) is 29.9. The summed E-state index contributed by atoms with van der Waals surface area (Å²) in [5.74, 6) is 3.52. The molecule has 0 bridgehead atoms. The van der Waals surface area contributed by atoms with E-state index in [0.717, 1.165) is 90.3 Å². The molecule has 3 atom stereocenters. The Morgan fingerprint density at radius 3 is 1.29 bits per heavy atom. The quantitative estimate of drug-likeness (QED) is 0.0346. The van der Waals surface area contributed by atoms with E-state index in [1.807, 2.05) is 13.8 Å². The highest BCUT2D eigenvalue weighted by Crippen LogP contribution is 2.41. The highest BCUT2D eigenvalue weighted by atomic mass is 16.5. The molecule has 1 aliphatic rings. The number of allylic oxidation sites excluding steroid dienone is 1. The monoisotopic (exact) mass is 994 g/mol. The minimum absolute atomic E-state index is 0.000942. The molecule has 1 aliphatic heterocycles. The van der Waals surface area contributed by atoms with Crippen LogP contribution in [0.2, 0.25) is 0 Å². The third kappa shape index (κ3) is 34.0. The molecule has 1 rings (SSSR count). The van der Waals surface area contributed by atoms with E-state index in [1.54, 1.807) is 0 Å². The summed E-state index contributed by atoms with van der Waals surface area (Å²) in [6.45, 7) is 59.5. The largest absolute Gasteiger partial charge is 0.497 e. The highest BCUT2D eigenvalue weighted by Gasteiger charge is 2.39. The lowest BCUT2D eigenvalue weighted by molar-refractivity contribution is -0.159.